The summed E-state index contributed by atoms with van der Waals surface area (Å²) < 4.78 is 7.31. The van der Waals surface area contributed by atoms with Gasteiger partial charge in [-0.3, -0.25) is 0 Å². The number of rotatable bonds is 4. The molecule has 0 saturated heterocycles. The molecule has 0 amide bonds. The van der Waals surface area contributed by atoms with Crippen LogP contribution in [-0.4, -0.2) is 22.1 Å². The molecule has 0 bridgehead atoms. The van der Waals surface area contributed by atoms with E-state index < -0.39 is 0 Å². The summed E-state index contributed by atoms with van der Waals surface area (Å²) in [6.45, 7) is 2.72. The van der Waals surface area contributed by atoms with Gasteiger partial charge < -0.3 is 10.5 Å². The molecule has 1 fully saturated rings. The minimum Gasteiger partial charge on any atom is -0.496 e. The van der Waals surface area contributed by atoms with Crippen molar-refractivity contribution in [2.24, 2.45) is 0 Å². The van der Waals surface area contributed by atoms with Gasteiger partial charge in [-0.25, -0.2) is 4.68 Å². The van der Waals surface area contributed by atoms with E-state index >= 15 is 0 Å². The van der Waals surface area contributed by atoms with Gasteiger partial charge in [0.05, 0.1) is 19.3 Å². The van der Waals surface area contributed by atoms with Crippen molar-refractivity contribution in [3.05, 3.63) is 35.0 Å². The van der Waals surface area contributed by atoms with E-state index in [0.29, 0.717) is 18.3 Å². The zero-order valence-electron chi connectivity index (χ0n) is 11.3. The molecule has 2 aromatic rings. The zero-order chi connectivity index (χ0) is 13.4. The Bertz CT molecular complexity index is 601. The fourth-order valence-electron chi connectivity index (χ4n) is 2.42. The number of aromatic nitrogens is 3. The van der Waals surface area contributed by atoms with Crippen molar-refractivity contribution in [2.75, 3.05) is 12.8 Å². The predicted molar refractivity (Wildman–Crippen MR) is 73.2 cm³/mol. The molecular formula is C14H18N4O. The molecule has 0 radical (unpaired) electrons. The maximum Gasteiger partial charge on any atom is 0.169 e. The Labute approximate surface area is 112 Å². The smallest absolute Gasteiger partial charge is 0.169 e. The quantitative estimate of drug-likeness (QED) is 0.912. The molecular weight excluding hydrogens is 240 g/mol. The minimum absolute atomic E-state index is 0.533. The van der Waals surface area contributed by atoms with E-state index in [0.717, 1.165) is 17.0 Å². The summed E-state index contributed by atoms with van der Waals surface area (Å²) in [6.07, 6.45) is 2.37. The molecule has 5 nitrogen and oxygen atoms in total. The average molecular weight is 258 g/mol. The molecule has 1 aliphatic carbocycles. The van der Waals surface area contributed by atoms with Crippen LogP contribution in [0, 0.1) is 6.92 Å². The average Bonchev–Trinajstić information content (AvgIpc) is 3.15. The summed E-state index contributed by atoms with van der Waals surface area (Å²) in [7, 11) is 1.69. The standard InChI is InChI=1S/C14H18N4O/c1-9-3-6-12(19-2)11(7-9)8-18-13(10-4-5-10)14(15)16-17-18/h3,6-7,10H,4-5,8,15H2,1-2H3. The third kappa shape index (κ3) is 2.28. The fraction of sp³-hybridized carbons (Fsp3) is 0.429. The predicted octanol–water partition coefficient (Wildman–Crippen LogP) is 2.10. The van der Waals surface area contributed by atoms with Crippen molar-refractivity contribution < 1.29 is 4.74 Å². The van der Waals surface area contributed by atoms with Crippen LogP contribution in [-0.2, 0) is 6.54 Å². The lowest BCUT2D eigenvalue weighted by atomic mass is 10.1. The maximum atomic E-state index is 5.91. The van der Waals surface area contributed by atoms with Crippen molar-refractivity contribution in [2.45, 2.75) is 32.2 Å². The van der Waals surface area contributed by atoms with Gasteiger partial charge in [-0.2, -0.15) is 0 Å². The normalized spacial score (nSPS) is 14.6. The molecule has 0 aliphatic heterocycles. The van der Waals surface area contributed by atoms with E-state index in [1.54, 1.807) is 7.11 Å². The number of nitrogen functional groups attached to an aromatic ring is 1. The first-order valence-electron chi connectivity index (χ1n) is 6.51. The van der Waals surface area contributed by atoms with Gasteiger partial charge in [-0.1, -0.05) is 22.9 Å². The van der Waals surface area contributed by atoms with Crippen molar-refractivity contribution in [3.8, 4) is 5.75 Å². The fourth-order valence-corrected chi connectivity index (χ4v) is 2.42. The molecule has 0 unspecified atom stereocenters. The van der Waals surface area contributed by atoms with Gasteiger partial charge in [0, 0.05) is 11.5 Å². The number of benzene rings is 1. The van der Waals surface area contributed by atoms with Gasteiger partial charge in [0.25, 0.3) is 0 Å². The number of nitrogens with zero attached hydrogens (tertiary/aromatic N) is 3. The Morgan fingerprint density at radius 1 is 1.42 bits per heavy atom. The molecule has 19 heavy (non-hydrogen) atoms. The summed E-state index contributed by atoms with van der Waals surface area (Å²) in [5.74, 6) is 1.97. The number of aryl methyl sites for hydroxylation is 1. The first kappa shape index (κ1) is 12.0. The molecule has 1 aliphatic rings. The van der Waals surface area contributed by atoms with Crippen LogP contribution < -0.4 is 10.5 Å². The van der Waals surface area contributed by atoms with E-state index in [1.165, 1.54) is 18.4 Å². The van der Waals surface area contributed by atoms with Crippen LogP contribution in [0.5, 0.6) is 5.75 Å². The van der Waals surface area contributed by atoms with Gasteiger partial charge in [0.1, 0.15) is 5.75 Å². The second kappa shape index (κ2) is 4.57. The molecule has 0 spiro atoms. The summed E-state index contributed by atoms with van der Waals surface area (Å²) in [5.41, 5.74) is 9.29. The maximum absolute atomic E-state index is 5.91. The van der Waals surface area contributed by atoms with Crippen LogP contribution in [0.2, 0.25) is 0 Å². The molecule has 1 heterocycles. The Morgan fingerprint density at radius 2 is 2.21 bits per heavy atom. The molecule has 100 valence electrons. The van der Waals surface area contributed by atoms with Gasteiger partial charge in [0.2, 0.25) is 0 Å². The molecule has 1 saturated carbocycles. The lowest BCUT2D eigenvalue weighted by Crippen LogP contribution is -2.08. The van der Waals surface area contributed by atoms with E-state index in [4.69, 9.17) is 10.5 Å². The van der Waals surface area contributed by atoms with Crippen LogP contribution in [0.3, 0.4) is 0 Å². The topological polar surface area (TPSA) is 66.0 Å². The summed E-state index contributed by atoms with van der Waals surface area (Å²) >= 11 is 0. The highest BCUT2D eigenvalue weighted by Crippen LogP contribution is 2.42. The Hall–Kier alpha value is -2.04. The van der Waals surface area contributed by atoms with Crippen molar-refractivity contribution >= 4 is 5.82 Å². The third-order valence-electron chi connectivity index (χ3n) is 3.52. The highest BCUT2D eigenvalue weighted by molar-refractivity contribution is 5.41. The second-order valence-electron chi connectivity index (χ2n) is 5.11. The van der Waals surface area contributed by atoms with Crippen LogP contribution >= 0.6 is 0 Å². The molecule has 2 N–H and O–H groups in total. The lowest BCUT2D eigenvalue weighted by Gasteiger charge is -2.11. The molecule has 3 rings (SSSR count). The number of hydrogen-bond donors (Lipinski definition) is 1. The van der Waals surface area contributed by atoms with Gasteiger partial charge in [-0.15, -0.1) is 5.10 Å². The number of nitrogens with two attached hydrogens (primary N) is 1. The zero-order valence-corrected chi connectivity index (χ0v) is 11.3. The van der Waals surface area contributed by atoms with Gasteiger partial charge >= 0.3 is 0 Å². The Kier molecular flexibility index (Phi) is 2.89. The summed E-state index contributed by atoms with van der Waals surface area (Å²) in [4.78, 5) is 0. The summed E-state index contributed by atoms with van der Waals surface area (Å²) in [6, 6.07) is 6.15. The Morgan fingerprint density at radius 3 is 2.89 bits per heavy atom. The van der Waals surface area contributed by atoms with Gasteiger partial charge in [-0.05, 0) is 25.8 Å². The number of hydrogen-bond acceptors (Lipinski definition) is 4. The van der Waals surface area contributed by atoms with Crippen LogP contribution in [0.25, 0.3) is 0 Å². The van der Waals surface area contributed by atoms with Crippen LogP contribution in [0.4, 0.5) is 5.82 Å². The number of anilines is 1. The van der Waals surface area contributed by atoms with Crippen molar-refractivity contribution in [1.29, 1.82) is 0 Å². The largest absolute Gasteiger partial charge is 0.496 e. The number of ether oxygens (including phenoxy) is 1. The molecule has 0 atom stereocenters. The third-order valence-corrected chi connectivity index (χ3v) is 3.52. The Balaban J connectivity index is 1.95. The highest BCUT2D eigenvalue weighted by Gasteiger charge is 2.30. The molecule has 1 aromatic heterocycles. The first-order valence-corrected chi connectivity index (χ1v) is 6.51. The highest BCUT2D eigenvalue weighted by atomic mass is 16.5. The van der Waals surface area contributed by atoms with E-state index in [1.807, 2.05) is 16.8 Å². The SMILES string of the molecule is COc1ccc(C)cc1Cn1nnc(N)c1C1CC1. The monoisotopic (exact) mass is 258 g/mol. The van der Waals surface area contributed by atoms with E-state index in [-0.39, 0.29) is 0 Å². The van der Waals surface area contributed by atoms with Crippen molar-refractivity contribution in [3.63, 3.8) is 0 Å². The molecule has 1 aromatic carbocycles. The van der Waals surface area contributed by atoms with E-state index in [9.17, 15) is 0 Å². The van der Waals surface area contributed by atoms with Crippen LogP contribution in [0.15, 0.2) is 18.2 Å². The minimum atomic E-state index is 0.533. The van der Waals surface area contributed by atoms with Crippen molar-refractivity contribution in [1.82, 2.24) is 15.0 Å². The number of methoxy groups -OCH3 is 1. The van der Waals surface area contributed by atoms with Gasteiger partial charge in [0.15, 0.2) is 5.82 Å². The second-order valence-corrected chi connectivity index (χ2v) is 5.11. The van der Waals surface area contributed by atoms with Crippen LogP contribution in [0.1, 0.15) is 35.6 Å². The lowest BCUT2D eigenvalue weighted by molar-refractivity contribution is 0.406. The molecule has 5 heteroatoms. The summed E-state index contributed by atoms with van der Waals surface area (Å²) in [5, 5.41) is 8.17. The first-order chi connectivity index (χ1) is 9.19. The van der Waals surface area contributed by atoms with E-state index in [2.05, 4.69) is 23.3 Å².